The lowest BCUT2D eigenvalue weighted by Crippen LogP contribution is -2.44. The average molecular weight is 272 g/mol. The number of quaternary nitrogens is 1. The van der Waals surface area contributed by atoms with E-state index < -0.39 is 0 Å². The van der Waals surface area contributed by atoms with Crippen molar-refractivity contribution < 1.29 is 14.3 Å². The molecule has 0 amide bonds. The molecule has 1 saturated carbocycles. The summed E-state index contributed by atoms with van der Waals surface area (Å²) in [7, 11) is 6.30. The van der Waals surface area contributed by atoms with Gasteiger partial charge in [-0.1, -0.05) is 27.2 Å². The summed E-state index contributed by atoms with van der Waals surface area (Å²) in [5.74, 6) is 2.09. The maximum Gasteiger partial charge on any atom is 0.126 e. The van der Waals surface area contributed by atoms with Crippen LogP contribution in [0, 0.1) is 17.8 Å². The van der Waals surface area contributed by atoms with Gasteiger partial charge in [-0.2, -0.15) is 0 Å². The van der Waals surface area contributed by atoms with Gasteiger partial charge in [0.1, 0.15) is 12.6 Å². The van der Waals surface area contributed by atoms with Crippen LogP contribution in [0.2, 0.25) is 0 Å². The lowest BCUT2D eigenvalue weighted by molar-refractivity contribution is -0.873. The van der Waals surface area contributed by atoms with Gasteiger partial charge in [-0.15, -0.1) is 0 Å². The Morgan fingerprint density at radius 2 is 1.84 bits per heavy atom. The Bertz CT molecular complexity index is 260. The van der Waals surface area contributed by atoms with Gasteiger partial charge in [0.15, 0.2) is 0 Å². The third kappa shape index (κ3) is 6.24. The number of likely N-dealkylation sites (N-methyl/N-ethyl adjacent to an activating group) is 1. The van der Waals surface area contributed by atoms with Gasteiger partial charge in [-0.3, -0.25) is 0 Å². The monoisotopic (exact) mass is 272 g/mol. The van der Waals surface area contributed by atoms with Crippen molar-refractivity contribution in [2.24, 2.45) is 17.8 Å². The number of ether oxygens (including phenoxy) is 1. The minimum Gasteiger partial charge on any atom is -0.385 e. The first-order valence-electron chi connectivity index (χ1n) is 7.79. The second-order valence-corrected chi connectivity index (χ2v) is 7.82. The first-order valence-corrected chi connectivity index (χ1v) is 7.79. The fourth-order valence-corrected chi connectivity index (χ4v) is 3.23. The standard InChI is InChI=1S/C16H34NO2/c1-12(2)15-8-7-13(3)9-16(15)19-11-14(18)10-17(4,5)6/h12-16,18H,7-11H2,1-6H3/q+1/t13-,14+,15-,16+/m1/s1. The Labute approximate surface area is 119 Å². The highest BCUT2D eigenvalue weighted by Gasteiger charge is 2.32. The molecule has 19 heavy (non-hydrogen) atoms. The summed E-state index contributed by atoms with van der Waals surface area (Å²) in [4.78, 5) is 0. The quantitative estimate of drug-likeness (QED) is 0.753. The molecule has 0 aliphatic heterocycles. The SMILES string of the molecule is CC(C)[C@H]1CC[C@@H](C)C[C@@H]1OC[C@@H](O)C[N+](C)(C)C. The molecule has 1 fully saturated rings. The van der Waals surface area contributed by atoms with Crippen molar-refractivity contribution in [3.8, 4) is 0 Å². The topological polar surface area (TPSA) is 29.5 Å². The molecule has 0 spiro atoms. The molecule has 0 bridgehead atoms. The summed E-state index contributed by atoms with van der Waals surface area (Å²) in [6.45, 7) is 8.12. The third-order valence-electron chi connectivity index (χ3n) is 4.22. The van der Waals surface area contributed by atoms with Crippen LogP contribution in [0.4, 0.5) is 0 Å². The zero-order valence-corrected chi connectivity index (χ0v) is 13.7. The highest BCUT2D eigenvalue weighted by Crippen LogP contribution is 2.35. The summed E-state index contributed by atoms with van der Waals surface area (Å²) < 4.78 is 6.85. The normalized spacial score (nSPS) is 30.6. The molecule has 3 nitrogen and oxygen atoms in total. The average Bonchev–Trinajstić information content (AvgIpc) is 2.23. The van der Waals surface area contributed by atoms with Gasteiger partial charge in [0.25, 0.3) is 0 Å². The number of hydrogen-bond acceptors (Lipinski definition) is 2. The second-order valence-electron chi connectivity index (χ2n) is 7.82. The molecule has 0 saturated heterocycles. The first kappa shape index (κ1) is 16.9. The van der Waals surface area contributed by atoms with Crippen LogP contribution in [-0.4, -0.2) is 56.1 Å². The van der Waals surface area contributed by atoms with E-state index in [2.05, 4.69) is 41.9 Å². The smallest absolute Gasteiger partial charge is 0.126 e. The fraction of sp³-hybridized carbons (Fsp3) is 1.00. The van der Waals surface area contributed by atoms with E-state index in [-0.39, 0.29) is 6.10 Å². The molecule has 4 atom stereocenters. The van der Waals surface area contributed by atoms with Gasteiger partial charge in [-0.05, 0) is 30.6 Å². The van der Waals surface area contributed by atoms with Crippen LogP contribution in [-0.2, 0) is 4.74 Å². The second kappa shape index (κ2) is 7.05. The minimum atomic E-state index is -0.356. The molecular formula is C16H34NO2+. The van der Waals surface area contributed by atoms with Crippen LogP contribution in [0.25, 0.3) is 0 Å². The fourth-order valence-electron chi connectivity index (χ4n) is 3.23. The van der Waals surface area contributed by atoms with Crippen LogP contribution in [0.5, 0.6) is 0 Å². The molecule has 0 aromatic heterocycles. The molecule has 3 heteroatoms. The summed E-state index contributed by atoms with van der Waals surface area (Å²) in [5, 5.41) is 10.1. The molecule has 1 N–H and O–H groups in total. The van der Waals surface area contributed by atoms with Crippen LogP contribution in [0.15, 0.2) is 0 Å². The molecular weight excluding hydrogens is 238 g/mol. The van der Waals surface area contributed by atoms with Crippen LogP contribution in [0.1, 0.15) is 40.0 Å². The van der Waals surface area contributed by atoms with Gasteiger partial charge in [0.2, 0.25) is 0 Å². The van der Waals surface area contributed by atoms with Crippen molar-refractivity contribution in [3.05, 3.63) is 0 Å². The summed E-state index contributed by atoms with van der Waals surface area (Å²) >= 11 is 0. The molecule has 114 valence electrons. The van der Waals surface area contributed by atoms with Crippen molar-refractivity contribution in [2.75, 3.05) is 34.3 Å². The molecule has 1 aliphatic rings. The number of aliphatic hydroxyl groups is 1. The van der Waals surface area contributed by atoms with Gasteiger partial charge >= 0.3 is 0 Å². The summed E-state index contributed by atoms with van der Waals surface area (Å²) in [6, 6.07) is 0. The van der Waals surface area contributed by atoms with Crippen LogP contribution >= 0.6 is 0 Å². The Hall–Kier alpha value is -0.120. The third-order valence-corrected chi connectivity index (χ3v) is 4.22. The zero-order chi connectivity index (χ0) is 14.6. The van der Waals surface area contributed by atoms with Crippen molar-refractivity contribution in [3.63, 3.8) is 0 Å². The Morgan fingerprint density at radius 1 is 1.21 bits per heavy atom. The van der Waals surface area contributed by atoms with E-state index in [1.54, 1.807) is 0 Å². The molecule has 0 aromatic rings. The van der Waals surface area contributed by atoms with E-state index in [0.717, 1.165) is 23.4 Å². The number of aliphatic hydroxyl groups excluding tert-OH is 1. The predicted octanol–water partition coefficient (Wildman–Crippen LogP) is 2.53. The number of nitrogens with zero attached hydrogens (tertiary/aromatic N) is 1. The van der Waals surface area contributed by atoms with Crippen molar-refractivity contribution in [1.29, 1.82) is 0 Å². The molecule has 0 aromatic carbocycles. The van der Waals surface area contributed by atoms with Gasteiger partial charge < -0.3 is 14.3 Å². The van der Waals surface area contributed by atoms with E-state index in [1.165, 1.54) is 12.8 Å². The van der Waals surface area contributed by atoms with Crippen LogP contribution < -0.4 is 0 Å². The van der Waals surface area contributed by atoms with Gasteiger partial charge in [-0.25, -0.2) is 0 Å². The van der Waals surface area contributed by atoms with Gasteiger partial charge in [0.05, 0.1) is 33.9 Å². The molecule has 1 aliphatic carbocycles. The van der Waals surface area contributed by atoms with E-state index in [4.69, 9.17) is 4.74 Å². The maximum atomic E-state index is 10.1. The van der Waals surface area contributed by atoms with Crippen LogP contribution in [0.3, 0.4) is 0 Å². The van der Waals surface area contributed by atoms with E-state index >= 15 is 0 Å². The Morgan fingerprint density at radius 3 is 2.37 bits per heavy atom. The maximum absolute atomic E-state index is 10.1. The molecule has 0 unspecified atom stereocenters. The molecule has 1 rings (SSSR count). The first-order chi connectivity index (χ1) is 8.69. The lowest BCUT2D eigenvalue weighted by atomic mass is 9.75. The minimum absolute atomic E-state index is 0.339. The summed E-state index contributed by atoms with van der Waals surface area (Å²) in [5.41, 5.74) is 0. The highest BCUT2D eigenvalue weighted by atomic mass is 16.5. The van der Waals surface area contributed by atoms with Crippen molar-refractivity contribution in [1.82, 2.24) is 0 Å². The van der Waals surface area contributed by atoms with E-state index in [0.29, 0.717) is 24.5 Å². The Balaban J connectivity index is 2.44. The predicted molar refractivity (Wildman–Crippen MR) is 80.0 cm³/mol. The Kier molecular flexibility index (Phi) is 6.28. The molecule has 0 radical (unpaired) electrons. The number of rotatable bonds is 6. The lowest BCUT2D eigenvalue weighted by Gasteiger charge is -2.37. The van der Waals surface area contributed by atoms with E-state index in [9.17, 15) is 5.11 Å². The van der Waals surface area contributed by atoms with Gasteiger partial charge in [0, 0.05) is 0 Å². The number of hydrogen-bond donors (Lipinski definition) is 1. The largest absolute Gasteiger partial charge is 0.385 e. The zero-order valence-electron chi connectivity index (χ0n) is 13.7. The highest BCUT2D eigenvalue weighted by molar-refractivity contribution is 4.81. The van der Waals surface area contributed by atoms with Crippen molar-refractivity contribution in [2.45, 2.75) is 52.2 Å². The summed E-state index contributed by atoms with van der Waals surface area (Å²) in [6.07, 6.45) is 3.73. The van der Waals surface area contributed by atoms with E-state index in [1.807, 2.05) is 0 Å². The van der Waals surface area contributed by atoms with Crippen molar-refractivity contribution >= 4 is 0 Å². The molecule has 0 heterocycles.